The smallest absolute Gasteiger partial charge is 0.448 e. The summed E-state index contributed by atoms with van der Waals surface area (Å²) in [5, 5.41) is 13.4. The van der Waals surface area contributed by atoms with Crippen LogP contribution in [0.15, 0.2) is 0 Å². The molecule has 0 aliphatic carbocycles. The molecular weight excluding hydrogens is 128 g/mol. The summed E-state index contributed by atoms with van der Waals surface area (Å²) in [4.78, 5) is 12.2. The van der Waals surface area contributed by atoms with E-state index in [4.69, 9.17) is 15.3 Å². The highest BCUT2D eigenvalue weighted by atomic mass is 16.7. The maximum atomic E-state index is 9.02. The molecule has 0 aromatic carbocycles. The summed E-state index contributed by atoms with van der Waals surface area (Å²) in [5.41, 5.74) is 8.94. The second-order valence-electron chi connectivity index (χ2n) is 0.839. The Labute approximate surface area is 50.8 Å². The Bertz CT molecular complexity index is 98.0. The summed E-state index contributed by atoms with van der Waals surface area (Å²) in [6.07, 6.45) is -1.47. The molecule has 7 heteroatoms. The van der Waals surface area contributed by atoms with E-state index >= 15 is 0 Å². The summed E-state index contributed by atoms with van der Waals surface area (Å²) >= 11 is 0. The van der Waals surface area contributed by atoms with Gasteiger partial charge in [-0.25, -0.2) is 4.79 Å². The first-order chi connectivity index (χ1) is 4.00. The van der Waals surface area contributed by atoms with Crippen LogP contribution < -0.4 is 17.4 Å². The Morgan fingerprint density at radius 2 is 1.67 bits per heavy atom. The topological polar surface area (TPSA) is 148 Å². The maximum absolute atomic E-state index is 9.02. The van der Waals surface area contributed by atoms with Crippen LogP contribution in [0, 0.1) is 5.41 Å². The standard InChI is InChI=1S/CH5N3.CH3NO3/c2-1(3)4;2-5-1(3)4/h(H5,2,3,4);2H2,(H,3,4). The van der Waals surface area contributed by atoms with Gasteiger partial charge in [-0.3, -0.25) is 5.41 Å². The fourth-order valence-electron chi connectivity index (χ4n) is 0. The molecule has 0 aromatic heterocycles. The van der Waals surface area contributed by atoms with Crippen LogP contribution in [0.3, 0.4) is 0 Å². The van der Waals surface area contributed by atoms with Crippen LogP contribution in [0.1, 0.15) is 0 Å². The van der Waals surface area contributed by atoms with Crippen molar-refractivity contribution in [2.45, 2.75) is 0 Å². The Hall–Kier alpha value is -1.50. The lowest BCUT2D eigenvalue weighted by Gasteiger charge is -1.77. The molecular formula is C2H8N4O3. The van der Waals surface area contributed by atoms with Gasteiger partial charge in [-0.15, -0.1) is 0 Å². The van der Waals surface area contributed by atoms with Gasteiger partial charge in [-0.1, -0.05) is 0 Å². The van der Waals surface area contributed by atoms with E-state index in [0.717, 1.165) is 0 Å². The molecule has 0 spiro atoms. The minimum absolute atomic E-state index is 0.333. The molecule has 8 N–H and O–H groups in total. The van der Waals surface area contributed by atoms with Crippen molar-refractivity contribution in [3.8, 4) is 0 Å². The lowest BCUT2D eigenvalue weighted by molar-refractivity contribution is 0.0921. The third kappa shape index (κ3) is 526. The fraction of sp³-hybridized carbons (Fsp3) is 0. The monoisotopic (exact) mass is 136 g/mol. The zero-order chi connectivity index (χ0) is 7.86. The lowest BCUT2D eigenvalue weighted by atomic mass is 11.1. The number of hydrogen-bond acceptors (Lipinski definition) is 4. The normalized spacial score (nSPS) is 6.33. The van der Waals surface area contributed by atoms with Crippen LogP contribution in [-0.2, 0) is 4.84 Å². The Morgan fingerprint density at radius 1 is 1.56 bits per heavy atom. The molecule has 0 aliphatic heterocycles. The predicted octanol–water partition coefficient (Wildman–Crippen LogP) is -1.61. The van der Waals surface area contributed by atoms with Gasteiger partial charge in [0, 0.05) is 0 Å². The highest BCUT2D eigenvalue weighted by Crippen LogP contribution is 1.55. The molecule has 0 saturated heterocycles. The van der Waals surface area contributed by atoms with E-state index in [0.29, 0.717) is 0 Å². The van der Waals surface area contributed by atoms with Crippen LogP contribution >= 0.6 is 0 Å². The minimum atomic E-state index is -1.47. The maximum Gasteiger partial charge on any atom is 0.524 e. The van der Waals surface area contributed by atoms with E-state index < -0.39 is 6.16 Å². The Kier molecular flexibility index (Phi) is 7.57. The largest absolute Gasteiger partial charge is 0.524 e. The average Bonchev–Trinajstić information content (AvgIpc) is 1.65. The van der Waals surface area contributed by atoms with Gasteiger partial charge in [0.25, 0.3) is 0 Å². The molecule has 0 bridgehead atoms. The van der Waals surface area contributed by atoms with E-state index in [1.807, 2.05) is 0 Å². The van der Waals surface area contributed by atoms with Gasteiger partial charge in [0.2, 0.25) is 0 Å². The van der Waals surface area contributed by atoms with Crippen molar-refractivity contribution in [3.05, 3.63) is 0 Å². The molecule has 54 valence electrons. The minimum Gasteiger partial charge on any atom is -0.448 e. The number of carbonyl (C=O) groups is 1. The van der Waals surface area contributed by atoms with Crippen molar-refractivity contribution >= 4 is 12.1 Å². The average molecular weight is 136 g/mol. The lowest BCUT2D eigenvalue weighted by Crippen LogP contribution is -2.20. The van der Waals surface area contributed by atoms with Gasteiger partial charge in [0.15, 0.2) is 5.96 Å². The third-order valence-corrected chi connectivity index (χ3v) is 0.101. The van der Waals surface area contributed by atoms with E-state index in [1.165, 1.54) is 0 Å². The molecule has 0 amide bonds. The van der Waals surface area contributed by atoms with Crippen LogP contribution in [-0.4, -0.2) is 17.2 Å². The second kappa shape index (κ2) is 6.50. The summed E-state index contributed by atoms with van der Waals surface area (Å²) < 4.78 is 0. The summed E-state index contributed by atoms with van der Waals surface area (Å²) in [6.45, 7) is 0. The molecule has 0 heterocycles. The van der Waals surface area contributed by atoms with E-state index in [-0.39, 0.29) is 5.96 Å². The molecule has 7 nitrogen and oxygen atoms in total. The zero-order valence-electron chi connectivity index (χ0n) is 4.50. The molecule has 9 heavy (non-hydrogen) atoms. The quantitative estimate of drug-likeness (QED) is 0.154. The van der Waals surface area contributed by atoms with Crippen molar-refractivity contribution < 1.29 is 14.7 Å². The van der Waals surface area contributed by atoms with E-state index in [2.05, 4.69) is 22.2 Å². The van der Waals surface area contributed by atoms with Crippen LogP contribution in [0.25, 0.3) is 0 Å². The molecule has 0 atom stereocenters. The third-order valence-electron chi connectivity index (χ3n) is 0.101. The number of nitrogens with one attached hydrogen (secondary N) is 1. The van der Waals surface area contributed by atoms with Crippen molar-refractivity contribution in [2.24, 2.45) is 17.4 Å². The SMILES string of the molecule is N=C(N)N.NOC(=O)O. The molecule has 0 rings (SSSR count). The van der Waals surface area contributed by atoms with Crippen LogP contribution in [0.2, 0.25) is 0 Å². The number of guanidine groups is 1. The van der Waals surface area contributed by atoms with Crippen molar-refractivity contribution in [1.82, 2.24) is 0 Å². The first-order valence-corrected chi connectivity index (χ1v) is 1.69. The predicted molar refractivity (Wildman–Crippen MR) is 29.4 cm³/mol. The van der Waals surface area contributed by atoms with Gasteiger partial charge in [0.05, 0.1) is 0 Å². The Balaban J connectivity index is 0. The molecule has 0 aromatic rings. The first kappa shape index (κ1) is 10.5. The van der Waals surface area contributed by atoms with Crippen molar-refractivity contribution in [2.75, 3.05) is 0 Å². The first-order valence-electron chi connectivity index (χ1n) is 1.69. The molecule has 0 aliphatic rings. The second-order valence-corrected chi connectivity index (χ2v) is 0.839. The van der Waals surface area contributed by atoms with Gasteiger partial charge in [-0.05, 0) is 0 Å². The summed E-state index contributed by atoms with van der Waals surface area (Å²) in [7, 11) is 0. The number of carboxylic acid groups (broad SMARTS) is 1. The molecule has 0 radical (unpaired) electrons. The van der Waals surface area contributed by atoms with Crippen molar-refractivity contribution in [3.63, 3.8) is 0 Å². The fourth-order valence-corrected chi connectivity index (χ4v) is 0. The van der Waals surface area contributed by atoms with E-state index in [1.54, 1.807) is 0 Å². The van der Waals surface area contributed by atoms with Gasteiger partial charge in [-0.2, -0.15) is 5.90 Å². The van der Waals surface area contributed by atoms with Gasteiger partial charge < -0.3 is 21.4 Å². The Morgan fingerprint density at radius 3 is 1.67 bits per heavy atom. The summed E-state index contributed by atoms with van der Waals surface area (Å²) in [6, 6.07) is 0. The number of nitrogens with two attached hydrogens (primary N) is 3. The van der Waals surface area contributed by atoms with Crippen molar-refractivity contribution in [1.29, 1.82) is 5.41 Å². The summed E-state index contributed by atoms with van der Waals surface area (Å²) in [5.74, 6) is 3.74. The molecule has 0 saturated carbocycles. The van der Waals surface area contributed by atoms with Crippen LogP contribution in [0.5, 0.6) is 0 Å². The molecule has 0 unspecified atom stereocenters. The molecule has 0 fully saturated rings. The van der Waals surface area contributed by atoms with Gasteiger partial charge in [0.1, 0.15) is 0 Å². The van der Waals surface area contributed by atoms with E-state index in [9.17, 15) is 0 Å². The highest BCUT2D eigenvalue weighted by molar-refractivity contribution is 5.71. The number of rotatable bonds is 0. The van der Waals surface area contributed by atoms with Crippen LogP contribution in [0.4, 0.5) is 4.79 Å². The highest BCUT2D eigenvalue weighted by Gasteiger charge is 1.82. The zero-order valence-corrected chi connectivity index (χ0v) is 4.50. The number of hydrogen-bond donors (Lipinski definition) is 5. The van der Waals surface area contributed by atoms with Gasteiger partial charge >= 0.3 is 6.16 Å².